The molecule has 0 fully saturated rings. The number of carbonyl (C=O) groups excluding carboxylic acids is 1. The maximum atomic E-state index is 11.9. The topological polar surface area (TPSA) is 46.9 Å². The van der Waals surface area contributed by atoms with Gasteiger partial charge in [-0.2, -0.15) is 0 Å². The van der Waals surface area contributed by atoms with E-state index < -0.39 is 0 Å². The number of hydrogen-bond donors (Lipinski definition) is 1. The highest BCUT2D eigenvalue weighted by Crippen LogP contribution is 2.17. The van der Waals surface area contributed by atoms with Crippen molar-refractivity contribution in [2.45, 2.75) is 19.4 Å². The van der Waals surface area contributed by atoms with Crippen LogP contribution in [0.15, 0.2) is 47.5 Å². The molecule has 1 aromatic carbocycles. The van der Waals surface area contributed by atoms with E-state index in [2.05, 4.69) is 26.2 Å². The Morgan fingerprint density at radius 1 is 1.56 bits per heavy atom. The van der Waals surface area contributed by atoms with Gasteiger partial charge in [-0.05, 0) is 25.1 Å². The third-order valence-electron chi connectivity index (χ3n) is 2.62. The molecule has 1 unspecified atom stereocenters. The molecule has 0 bridgehead atoms. The van der Waals surface area contributed by atoms with Crippen LogP contribution >= 0.6 is 15.9 Å². The summed E-state index contributed by atoms with van der Waals surface area (Å²) in [6.45, 7) is 1.99. The van der Waals surface area contributed by atoms with E-state index in [0.717, 1.165) is 10.2 Å². The van der Waals surface area contributed by atoms with E-state index in [1.807, 2.05) is 42.0 Å². The molecule has 0 saturated carbocycles. The van der Waals surface area contributed by atoms with Gasteiger partial charge in [0, 0.05) is 35.0 Å². The number of imidazole rings is 1. The van der Waals surface area contributed by atoms with Crippen molar-refractivity contribution >= 4 is 27.5 Å². The Hall–Kier alpha value is -1.62. The summed E-state index contributed by atoms with van der Waals surface area (Å²) >= 11 is 3.37. The van der Waals surface area contributed by atoms with Gasteiger partial charge in [0.05, 0.1) is 6.33 Å². The Morgan fingerprint density at radius 3 is 3.06 bits per heavy atom. The van der Waals surface area contributed by atoms with Crippen molar-refractivity contribution in [3.8, 4) is 0 Å². The Labute approximate surface area is 114 Å². The van der Waals surface area contributed by atoms with Gasteiger partial charge >= 0.3 is 0 Å². The van der Waals surface area contributed by atoms with E-state index in [0.29, 0.717) is 6.42 Å². The van der Waals surface area contributed by atoms with Gasteiger partial charge in [0.15, 0.2) is 0 Å². The van der Waals surface area contributed by atoms with Crippen LogP contribution in [0.1, 0.15) is 19.4 Å². The number of anilines is 1. The minimum atomic E-state index is -0.00528. The molecule has 0 aliphatic rings. The maximum Gasteiger partial charge on any atom is 0.226 e. The average Bonchev–Trinajstić information content (AvgIpc) is 2.81. The van der Waals surface area contributed by atoms with Gasteiger partial charge in [-0.3, -0.25) is 4.79 Å². The Bertz CT molecular complexity index is 525. The van der Waals surface area contributed by atoms with Gasteiger partial charge in [0.2, 0.25) is 5.91 Å². The van der Waals surface area contributed by atoms with Gasteiger partial charge in [-0.15, -0.1) is 0 Å². The highest BCUT2D eigenvalue weighted by molar-refractivity contribution is 9.10. The lowest BCUT2D eigenvalue weighted by molar-refractivity contribution is -0.116. The van der Waals surface area contributed by atoms with Crippen LogP contribution in [-0.4, -0.2) is 15.5 Å². The number of rotatable bonds is 4. The summed E-state index contributed by atoms with van der Waals surface area (Å²) in [6, 6.07) is 7.65. The van der Waals surface area contributed by atoms with Crippen LogP contribution in [0.2, 0.25) is 0 Å². The molecule has 1 atom stereocenters. The molecule has 0 aliphatic carbocycles. The fourth-order valence-corrected chi connectivity index (χ4v) is 2.08. The van der Waals surface area contributed by atoms with Crippen molar-refractivity contribution in [1.29, 1.82) is 0 Å². The SMILES string of the molecule is CC(CC(=O)Nc1cccc(Br)c1)n1ccnc1. The number of benzene rings is 1. The molecule has 2 rings (SSSR count). The average molecular weight is 308 g/mol. The fourth-order valence-electron chi connectivity index (χ4n) is 1.68. The monoisotopic (exact) mass is 307 g/mol. The zero-order chi connectivity index (χ0) is 13.0. The zero-order valence-corrected chi connectivity index (χ0v) is 11.6. The Balaban J connectivity index is 1.93. The predicted molar refractivity (Wildman–Crippen MR) is 74.3 cm³/mol. The molecule has 1 heterocycles. The minimum absolute atomic E-state index is 0.00528. The number of hydrogen-bond acceptors (Lipinski definition) is 2. The molecule has 94 valence electrons. The Kier molecular flexibility index (Phi) is 4.15. The molecule has 0 radical (unpaired) electrons. The largest absolute Gasteiger partial charge is 0.334 e. The number of nitrogens with zero attached hydrogens (tertiary/aromatic N) is 2. The normalized spacial score (nSPS) is 12.1. The molecule has 4 nitrogen and oxygen atoms in total. The van der Waals surface area contributed by atoms with Gasteiger partial charge < -0.3 is 9.88 Å². The predicted octanol–water partition coefficient (Wildman–Crippen LogP) is 3.24. The first-order chi connectivity index (χ1) is 8.65. The zero-order valence-electron chi connectivity index (χ0n) is 10.0. The standard InChI is InChI=1S/C13H14BrN3O/c1-10(17-6-5-15-9-17)7-13(18)16-12-4-2-3-11(14)8-12/h2-6,8-10H,7H2,1H3,(H,16,18). The van der Waals surface area contributed by atoms with Crippen molar-refractivity contribution in [3.63, 3.8) is 0 Å². The van der Waals surface area contributed by atoms with E-state index in [4.69, 9.17) is 0 Å². The maximum absolute atomic E-state index is 11.9. The van der Waals surface area contributed by atoms with Crippen LogP contribution in [-0.2, 0) is 4.79 Å². The second-order valence-corrected chi connectivity index (χ2v) is 5.04. The van der Waals surface area contributed by atoms with Crippen LogP contribution < -0.4 is 5.32 Å². The van der Waals surface area contributed by atoms with Gasteiger partial charge in [-0.1, -0.05) is 22.0 Å². The number of amides is 1. The molecule has 1 N–H and O–H groups in total. The van der Waals surface area contributed by atoms with E-state index in [1.54, 1.807) is 12.5 Å². The van der Waals surface area contributed by atoms with E-state index in [9.17, 15) is 4.79 Å². The first-order valence-electron chi connectivity index (χ1n) is 5.68. The molecular weight excluding hydrogens is 294 g/mol. The van der Waals surface area contributed by atoms with Crippen molar-refractivity contribution in [1.82, 2.24) is 9.55 Å². The molecule has 0 aliphatic heterocycles. The van der Waals surface area contributed by atoms with E-state index in [1.165, 1.54) is 0 Å². The molecule has 1 aromatic heterocycles. The summed E-state index contributed by atoms with van der Waals surface area (Å²) in [7, 11) is 0. The second-order valence-electron chi connectivity index (χ2n) is 4.12. The summed E-state index contributed by atoms with van der Waals surface area (Å²) in [4.78, 5) is 15.8. The quantitative estimate of drug-likeness (QED) is 0.942. The van der Waals surface area contributed by atoms with Gasteiger partial charge in [-0.25, -0.2) is 4.98 Å². The van der Waals surface area contributed by atoms with Crippen LogP contribution in [0, 0.1) is 0 Å². The van der Waals surface area contributed by atoms with Crippen molar-refractivity contribution in [3.05, 3.63) is 47.5 Å². The fraction of sp³-hybridized carbons (Fsp3) is 0.231. The smallest absolute Gasteiger partial charge is 0.226 e. The lowest BCUT2D eigenvalue weighted by Gasteiger charge is -2.12. The molecule has 2 aromatic rings. The van der Waals surface area contributed by atoms with Crippen LogP contribution in [0.3, 0.4) is 0 Å². The molecule has 5 heteroatoms. The highest BCUT2D eigenvalue weighted by Gasteiger charge is 2.10. The third-order valence-corrected chi connectivity index (χ3v) is 3.12. The number of halogens is 1. The number of aromatic nitrogens is 2. The second kappa shape index (κ2) is 5.82. The summed E-state index contributed by atoms with van der Waals surface area (Å²) in [6.07, 6.45) is 5.71. The molecule has 18 heavy (non-hydrogen) atoms. The van der Waals surface area contributed by atoms with Crippen molar-refractivity contribution < 1.29 is 4.79 Å². The summed E-state index contributed by atoms with van der Waals surface area (Å²) in [5.74, 6) is -0.00528. The molecule has 1 amide bonds. The van der Waals surface area contributed by atoms with Crippen molar-refractivity contribution in [2.75, 3.05) is 5.32 Å². The van der Waals surface area contributed by atoms with Gasteiger partial charge in [0.25, 0.3) is 0 Å². The molecule has 0 saturated heterocycles. The molecular formula is C13H14BrN3O. The van der Waals surface area contributed by atoms with Crippen LogP contribution in [0.4, 0.5) is 5.69 Å². The van der Waals surface area contributed by atoms with Gasteiger partial charge in [0.1, 0.15) is 0 Å². The van der Waals surface area contributed by atoms with E-state index >= 15 is 0 Å². The lowest BCUT2D eigenvalue weighted by Crippen LogP contribution is -2.16. The van der Waals surface area contributed by atoms with E-state index in [-0.39, 0.29) is 11.9 Å². The first kappa shape index (κ1) is 12.8. The third kappa shape index (κ3) is 3.43. The molecule has 0 spiro atoms. The first-order valence-corrected chi connectivity index (χ1v) is 6.47. The minimum Gasteiger partial charge on any atom is -0.334 e. The van der Waals surface area contributed by atoms with Crippen LogP contribution in [0.25, 0.3) is 0 Å². The number of nitrogens with one attached hydrogen (secondary N) is 1. The summed E-state index contributed by atoms with van der Waals surface area (Å²) in [5, 5.41) is 2.87. The summed E-state index contributed by atoms with van der Waals surface area (Å²) in [5.41, 5.74) is 0.798. The highest BCUT2D eigenvalue weighted by atomic mass is 79.9. The van der Waals surface area contributed by atoms with Crippen molar-refractivity contribution in [2.24, 2.45) is 0 Å². The van der Waals surface area contributed by atoms with Crippen LogP contribution in [0.5, 0.6) is 0 Å². The number of carbonyl (C=O) groups is 1. The Morgan fingerprint density at radius 2 is 2.39 bits per heavy atom. The summed E-state index contributed by atoms with van der Waals surface area (Å²) < 4.78 is 2.86. The lowest BCUT2D eigenvalue weighted by atomic mass is 10.2.